The van der Waals surface area contributed by atoms with E-state index >= 15 is 0 Å². The molecule has 1 fully saturated rings. The van der Waals surface area contributed by atoms with Gasteiger partial charge in [-0.3, -0.25) is 4.90 Å². The fourth-order valence-corrected chi connectivity index (χ4v) is 4.45. The summed E-state index contributed by atoms with van der Waals surface area (Å²) < 4.78 is 6.03. The summed E-state index contributed by atoms with van der Waals surface area (Å²) in [6.07, 6.45) is 2.56. The van der Waals surface area contributed by atoms with Gasteiger partial charge in [-0.05, 0) is 52.3 Å². The third-order valence-corrected chi connectivity index (χ3v) is 5.83. The van der Waals surface area contributed by atoms with Crippen LogP contribution in [0.5, 0.6) is 0 Å². The molecule has 136 valence electrons. The second-order valence-corrected chi connectivity index (χ2v) is 7.70. The van der Waals surface area contributed by atoms with Crippen molar-refractivity contribution in [3.05, 3.63) is 95.1 Å². The van der Waals surface area contributed by atoms with E-state index in [-0.39, 0.29) is 6.10 Å². The number of rotatable bonds is 4. The Morgan fingerprint density at radius 2 is 1.56 bits per heavy atom. The van der Waals surface area contributed by atoms with E-state index in [9.17, 15) is 0 Å². The molecular weight excluding hydrogens is 330 g/mol. The van der Waals surface area contributed by atoms with Gasteiger partial charge in [0.1, 0.15) is 0 Å². The van der Waals surface area contributed by atoms with E-state index in [0.29, 0.717) is 0 Å². The van der Waals surface area contributed by atoms with Crippen LogP contribution in [0.2, 0.25) is 0 Å². The Balaban J connectivity index is 1.47. The standard InChI is InChI=1S/C25H25NO/c1-2-7-19(8-3-1)20-12-13-24(25-11-6-14-27-25)23(15-20)18-26-16-21-9-4-5-10-22(21)17-26/h1-5,7-10,12-13,15,25H,6,11,14,16-18H2. The fourth-order valence-electron chi connectivity index (χ4n) is 4.45. The summed E-state index contributed by atoms with van der Waals surface area (Å²) in [6, 6.07) is 26.4. The molecule has 3 aromatic carbocycles. The zero-order chi connectivity index (χ0) is 18.1. The zero-order valence-electron chi connectivity index (χ0n) is 15.6. The SMILES string of the molecule is c1ccc(-c2ccc(C3CCCO3)c(CN3Cc4ccccc4C3)c2)cc1. The minimum atomic E-state index is 0.259. The lowest BCUT2D eigenvalue weighted by atomic mass is 9.95. The van der Waals surface area contributed by atoms with Gasteiger partial charge in [-0.15, -0.1) is 0 Å². The maximum Gasteiger partial charge on any atom is 0.0828 e. The van der Waals surface area contributed by atoms with Crippen LogP contribution in [0.25, 0.3) is 11.1 Å². The Morgan fingerprint density at radius 3 is 2.26 bits per heavy atom. The molecule has 2 aliphatic heterocycles. The highest BCUT2D eigenvalue weighted by Crippen LogP contribution is 2.35. The maximum absolute atomic E-state index is 6.03. The number of fused-ring (bicyclic) bond motifs is 1. The summed E-state index contributed by atoms with van der Waals surface area (Å²) in [7, 11) is 0. The van der Waals surface area contributed by atoms with E-state index in [1.54, 1.807) is 0 Å². The largest absolute Gasteiger partial charge is 0.374 e. The zero-order valence-corrected chi connectivity index (χ0v) is 15.6. The van der Waals surface area contributed by atoms with Gasteiger partial charge in [0.25, 0.3) is 0 Å². The van der Waals surface area contributed by atoms with Gasteiger partial charge in [0.2, 0.25) is 0 Å². The molecule has 0 radical (unpaired) electrons. The molecule has 0 amide bonds. The number of nitrogens with zero attached hydrogens (tertiary/aromatic N) is 1. The Hall–Kier alpha value is -2.42. The molecule has 3 aromatic rings. The molecule has 0 N–H and O–H groups in total. The molecular formula is C25H25NO. The van der Waals surface area contributed by atoms with Crippen LogP contribution in [-0.4, -0.2) is 11.5 Å². The summed E-state index contributed by atoms with van der Waals surface area (Å²) >= 11 is 0. The van der Waals surface area contributed by atoms with Crippen molar-refractivity contribution in [2.75, 3.05) is 6.61 Å². The fraction of sp³-hybridized carbons (Fsp3) is 0.280. The van der Waals surface area contributed by atoms with Gasteiger partial charge in [-0.2, -0.15) is 0 Å². The van der Waals surface area contributed by atoms with Crippen molar-refractivity contribution in [2.45, 2.75) is 38.6 Å². The molecule has 0 spiro atoms. The lowest BCUT2D eigenvalue weighted by molar-refractivity contribution is 0.110. The van der Waals surface area contributed by atoms with Gasteiger partial charge < -0.3 is 4.74 Å². The van der Waals surface area contributed by atoms with Gasteiger partial charge >= 0.3 is 0 Å². The van der Waals surface area contributed by atoms with Crippen LogP contribution in [0.4, 0.5) is 0 Å². The van der Waals surface area contributed by atoms with Crippen molar-refractivity contribution in [3.63, 3.8) is 0 Å². The number of benzene rings is 3. The topological polar surface area (TPSA) is 12.5 Å². The Labute approximate surface area is 161 Å². The number of ether oxygens (including phenoxy) is 1. The van der Waals surface area contributed by atoms with Gasteiger partial charge in [0.15, 0.2) is 0 Å². The summed E-state index contributed by atoms with van der Waals surface area (Å²) in [6.45, 7) is 3.94. The summed E-state index contributed by atoms with van der Waals surface area (Å²) in [5.41, 5.74) is 8.30. The molecule has 0 aromatic heterocycles. The van der Waals surface area contributed by atoms with E-state index in [1.807, 2.05) is 0 Å². The molecule has 1 unspecified atom stereocenters. The monoisotopic (exact) mass is 355 g/mol. The highest BCUT2D eigenvalue weighted by Gasteiger charge is 2.24. The van der Waals surface area contributed by atoms with Crippen molar-refractivity contribution in [1.29, 1.82) is 0 Å². The average molecular weight is 355 g/mol. The molecule has 27 heavy (non-hydrogen) atoms. The van der Waals surface area contributed by atoms with Crippen LogP contribution in [-0.2, 0) is 24.4 Å². The first-order valence-corrected chi connectivity index (χ1v) is 9.96. The Bertz CT molecular complexity index is 903. The summed E-state index contributed by atoms with van der Waals surface area (Å²) in [5, 5.41) is 0. The third kappa shape index (κ3) is 3.43. The number of hydrogen-bond donors (Lipinski definition) is 0. The molecule has 0 aliphatic carbocycles. The van der Waals surface area contributed by atoms with Crippen LogP contribution in [0, 0.1) is 0 Å². The first-order valence-electron chi connectivity index (χ1n) is 9.96. The molecule has 1 saturated heterocycles. The number of hydrogen-bond acceptors (Lipinski definition) is 2. The van der Waals surface area contributed by atoms with Crippen molar-refractivity contribution in [1.82, 2.24) is 4.90 Å². The molecule has 2 nitrogen and oxygen atoms in total. The summed E-state index contributed by atoms with van der Waals surface area (Å²) in [4.78, 5) is 2.55. The van der Waals surface area contributed by atoms with Gasteiger partial charge in [-0.1, -0.05) is 66.7 Å². The average Bonchev–Trinajstić information content (AvgIpc) is 3.38. The highest BCUT2D eigenvalue weighted by atomic mass is 16.5. The van der Waals surface area contributed by atoms with E-state index in [2.05, 4.69) is 77.7 Å². The van der Waals surface area contributed by atoms with Crippen LogP contribution in [0.15, 0.2) is 72.8 Å². The summed E-state index contributed by atoms with van der Waals surface area (Å²) in [5.74, 6) is 0. The molecule has 2 aliphatic rings. The van der Waals surface area contributed by atoms with Crippen molar-refractivity contribution in [3.8, 4) is 11.1 Å². The minimum Gasteiger partial charge on any atom is -0.374 e. The van der Waals surface area contributed by atoms with Crippen LogP contribution < -0.4 is 0 Å². The molecule has 1 atom stereocenters. The van der Waals surface area contributed by atoms with E-state index in [1.165, 1.54) is 39.8 Å². The van der Waals surface area contributed by atoms with Gasteiger partial charge in [-0.25, -0.2) is 0 Å². The molecule has 0 saturated carbocycles. The normalized spacial score (nSPS) is 19.3. The Morgan fingerprint density at radius 1 is 0.815 bits per heavy atom. The lowest BCUT2D eigenvalue weighted by Crippen LogP contribution is -2.17. The van der Waals surface area contributed by atoms with E-state index in [0.717, 1.165) is 32.7 Å². The molecule has 5 rings (SSSR count). The predicted molar refractivity (Wildman–Crippen MR) is 109 cm³/mol. The van der Waals surface area contributed by atoms with Crippen LogP contribution in [0.3, 0.4) is 0 Å². The van der Waals surface area contributed by atoms with Crippen molar-refractivity contribution in [2.24, 2.45) is 0 Å². The predicted octanol–water partition coefficient (Wildman–Crippen LogP) is 5.72. The lowest BCUT2D eigenvalue weighted by Gasteiger charge is -2.21. The molecule has 2 heterocycles. The first-order chi connectivity index (χ1) is 13.4. The highest BCUT2D eigenvalue weighted by molar-refractivity contribution is 5.65. The van der Waals surface area contributed by atoms with Crippen LogP contribution in [0.1, 0.15) is 41.2 Å². The minimum absolute atomic E-state index is 0.259. The van der Waals surface area contributed by atoms with E-state index in [4.69, 9.17) is 4.74 Å². The van der Waals surface area contributed by atoms with Crippen molar-refractivity contribution >= 4 is 0 Å². The molecule has 2 heteroatoms. The second kappa shape index (κ2) is 7.30. The maximum atomic E-state index is 6.03. The van der Waals surface area contributed by atoms with Gasteiger partial charge in [0.05, 0.1) is 6.10 Å². The van der Waals surface area contributed by atoms with Gasteiger partial charge in [0, 0.05) is 26.2 Å². The quantitative estimate of drug-likeness (QED) is 0.593. The third-order valence-electron chi connectivity index (χ3n) is 5.83. The van der Waals surface area contributed by atoms with Crippen molar-refractivity contribution < 1.29 is 4.74 Å². The second-order valence-electron chi connectivity index (χ2n) is 7.70. The van der Waals surface area contributed by atoms with Crippen LogP contribution >= 0.6 is 0 Å². The first kappa shape index (κ1) is 16.7. The Kier molecular flexibility index (Phi) is 4.52. The molecule has 0 bridgehead atoms. The van der Waals surface area contributed by atoms with E-state index < -0.39 is 0 Å². The smallest absolute Gasteiger partial charge is 0.0828 e.